The van der Waals surface area contributed by atoms with Crippen LogP contribution in [0.2, 0.25) is 0 Å². The summed E-state index contributed by atoms with van der Waals surface area (Å²) in [6, 6.07) is 0. The summed E-state index contributed by atoms with van der Waals surface area (Å²) in [7, 11) is 0. The molecule has 1 amide bonds. The molecule has 0 fully saturated rings. The topological polar surface area (TPSA) is 68.0 Å². The molecule has 4 nitrogen and oxygen atoms in total. The summed E-state index contributed by atoms with van der Waals surface area (Å²) >= 11 is 1.57. The van der Waals surface area contributed by atoms with E-state index in [1.54, 1.807) is 17.5 Å². The predicted octanol–water partition coefficient (Wildman–Crippen LogP) is 2.65. The normalized spacial score (nSPS) is 13.3. The van der Waals surface area contributed by atoms with Crippen LogP contribution in [0.25, 0.3) is 0 Å². The van der Waals surface area contributed by atoms with Gasteiger partial charge in [0.25, 0.3) is 0 Å². The Labute approximate surface area is 119 Å². The molecule has 0 saturated carbocycles. The third-order valence-corrected chi connectivity index (χ3v) is 4.45. The van der Waals surface area contributed by atoms with E-state index in [0.717, 1.165) is 24.3 Å². The lowest BCUT2D eigenvalue weighted by Gasteiger charge is -2.24. The van der Waals surface area contributed by atoms with Crippen LogP contribution in [0.1, 0.15) is 51.5 Å². The molecule has 0 aliphatic carbocycles. The van der Waals surface area contributed by atoms with E-state index in [1.807, 2.05) is 19.2 Å². The van der Waals surface area contributed by atoms with Crippen molar-refractivity contribution in [3.63, 3.8) is 0 Å². The first-order chi connectivity index (χ1) is 8.99. The maximum absolute atomic E-state index is 12.0. The van der Waals surface area contributed by atoms with Gasteiger partial charge in [0.15, 0.2) is 0 Å². The molecule has 1 aromatic rings. The SMILES string of the molecule is CCC(CCN)CCC(=O)NC(C)(C)c1nccs1. The standard InChI is InChI=1S/C14H25N3OS/c1-4-11(7-8-15)5-6-12(18)17-14(2,3)13-16-9-10-19-13/h9-11H,4-8,15H2,1-3H3,(H,17,18). The van der Waals surface area contributed by atoms with E-state index in [0.29, 0.717) is 18.9 Å². The van der Waals surface area contributed by atoms with Gasteiger partial charge in [-0.2, -0.15) is 0 Å². The maximum Gasteiger partial charge on any atom is 0.220 e. The predicted molar refractivity (Wildman–Crippen MR) is 80.0 cm³/mol. The van der Waals surface area contributed by atoms with Gasteiger partial charge in [-0.15, -0.1) is 11.3 Å². The van der Waals surface area contributed by atoms with E-state index in [2.05, 4.69) is 17.2 Å². The Balaban J connectivity index is 2.42. The molecule has 108 valence electrons. The van der Waals surface area contributed by atoms with E-state index in [1.165, 1.54) is 0 Å². The number of hydrogen-bond donors (Lipinski definition) is 2. The number of thiazole rings is 1. The van der Waals surface area contributed by atoms with Crippen molar-refractivity contribution in [3.8, 4) is 0 Å². The van der Waals surface area contributed by atoms with E-state index in [4.69, 9.17) is 5.73 Å². The van der Waals surface area contributed by atoms with Crippen molar-refractivity contribution < 1.29 is 4.79 Å². The summed E-state index contributed by atoms with van der Waals surface area (Å²) in [5.41, 5.74) is 5.18. The Morgan fingerprint density at radius 3 is 2.79 bits per heavy atom. The van der Waals surface area contributed by atoms with Crippen LogP contribution in [-0.4, -0.2) is 17.4 Å². The highest BCUT2D eigenvalue weighted by Crippen LogP contribution is 2.22. The Bertz CT molecular complexity index is 376. The summed E-state index contributed by atoms with van der Waals surface area (Å²) in [5.74, 6) is 0.648. The van der Waals surface area contributed by atoms with Crippen molar-refractivity contribution in [2.24, 2.45) is 11.7 Å². The number of nitrogens with two attached hydrogens (primary N) is 1. The van der Waals surface area contributed by atoms with Crippen molar-refractivity contribution in [1.29, 1.82) is 0 Å². The van der Waals surface area contributed by atoms with Crippen LogP contribution >= 0.6 is 11.3 Å². The highest BCUT2D eigenvalue weighted by Gasteiger charge is 2.25. The molecule has 1 atom stereocenters. The molecule has 0 aromatic carbocycles. The average Bonchev–Trinajstić information content (AvgIpc) is 2.88. The minimum absolute atomic E-state index is 0.0932. The number of hydrogen-bond acceptors (Lipinski definition) is 4. The number of rotatable bonds is 8. The molecule has 1 aromatic heterocycles. The monoisotopic (exact) mass is 283 g/mol. The number of carbonyl (C=O) groups is 1. The van der Waals surface area contributed by atoms with Gasteiger partial charge in [0.05, 0.1) is 5.54 Å². The van der Waals surface area contributed by atoms with Crippen molar-refractivity contribution >= 4 is 17.2 Å². The molecule has 19 heavy (non-hydrogen) atoms. The summed E-state index contributed by atoms with van der Waals surface area (Å²) < 4.78 is 0. The van der Waals surface area contributed by atoms with Gasteiger partial charge in [-0.3, -0.25) is 4.79 Å². The first kappa shape index (κ1) is 16.1. The first-order valence-corrected chi connectivity index (χ1v) is 7.78. The Hall–Kier alpha value is -0.940. The van der Waals surface area contributed by atoms with Crippen LogP contribution in [0.5, 0.6) is 0 Å². The second kappa shape index (κ2) is 7.60. The molecular formula is C14H25N3OS. The van der Waals surface area contributed by atoms with E-state index in [-0.39, 0.29) is 11.4 Å². The fourth-order valence-corrected chi connectivity index (χ4v) is 2.84. The molecule has 0 spiro atoms. The lowest BCUT2D eigenvalue weighted by atomic mass is 9.96. The van der Waals surface area contributed by atoms with Gasteiger partial charge in [0.2, 0.25) is 5.91 Å². The van der Waals surface area contributed by atoms with Crippen LogP contribution in [-0.2, 0) is 10.3 Å². The van der Waals surface area contributed by atoms with E-state index in [9.17, 15) is 4.79 Å². The number of nitrogens with one attached hydrogen (secondary N) is 1. The molecule has 5 heteroatoms. The van der Waals surface area contributed by atoms with Gasteiger partial charge in [-0.25, -0.2) is 4.98 Å². The molecule has 1 unspecified atom stereocenters. The number of aromatic nitrogens is 1. The maximum atomic E-state index is 12.0. The smallest absolute Gasteiger partial charge is 0.220 e. The third-order valence-electron chi connectivity index (χ3n) is 3.35. The summed E-state index contributed by atoms with van der Waals surface area (Å²) in [6.07, 6.45) is 5.32. The van der Waals surface area contributed by atoms with Gasteiger partial charge < -0.3 is 11.1 Å². The van der Waals surface area contributed by atoms with E-state index >= 15 is 0 Å². The Kier molecular flexibility index (Phi) is 6.45. The average molecular weight is 283 g/mol. The molecular weight excluding hydrogens is 258 g/mol. The first-order valence-electron chi connectivity index (χ1n) is 6.90. The lowest BCUT2D eigenvalue weighted by Crippen LogP contribution is -2.41. The van der Waals surface area contributed by atoms with Crippen molar-refractivity contribution in [2.45, 2.75) is 52.0 Å². The molecule has 0 bridgehead atoms. The van der Waals surface area contributed by atoms with Gasteiger partial charge in [-0.1, -0.05) is 13.3 Å². The summed E-state index contributed by atoms with van der Waals surface area (Å²) in [4.78, 5) is 16.3. The highest BCUT2D eigenvalue weighted by atomic mass is 32.1. The molecule has 1 rings (SSSR count). The zero-order chi connectivity index (χ0) is 14.3. The molecule has 0 saturated heterocycles. The molecule has 3 N–H and O–H groups in total. The number of carbonyl (C=O) groups excluding carboxylic acids is 1. The van der Waals surface area contributed by atoms with Gasteiger partial charge in [-0.05, 0) is 39.2 Å². The zero-order valence-electron chi connectivity index (χ0n) is 12.1. The fraction of sp³-hybridized carbons (Fsp3) is 0.714. The Morgan fingerprint density at radius 1 is 1.53 bits per heavy atom. The molecule has 0 radical (unpaired) electrons. The highest BCUT2D eigenvalue weighted by molar-refractivity contribution is 7.09. The zero-order valence-corrected chi connectivity index (χ0v) is 12.9. The lowest BCUT2D eigenvalue weighted by molar-refractivity contribution is -0.123. The van der Waals surface area contributed by atoms with Crippen molar-refractivity contribution in [3.05, 3.63) is 16.6 Å². The summed E-state index contributed by atoms with van der Waals surface area (Å²) in [5, 5.41) is 5.93. The van der Waals surface area contributed by atoms with E-state index < -0.39 is 0 Å². The summed E-state index contributed by atoms with van der Waals surface area (Å²) in [6.45, 7) is 6.82. The van der Waals surface area contributed by atoms with Crippen LogP contribution in [0.3, 0.4) is 0 Å². The van der Waals surface area contributed by atoms with Gasteiger partial charge >= 0.3 is 0 Å². The van der Waals surface area contributed by atoms with Crippen LogP contribution in [0.4, 0.5) is 0 Å². The molecule has 0 aliphatic heterocycles. The quantitative estimate of drug-likeness (QED) is 0.770. The van der Waals surface area contributed by atoms with Crippen LogP contribution in [0, 0.1) is 5.92 Å². The fourth-order valence-electron chi connectivity index (χ4n) is 2.12. The number of amides is 1. The largest absolute Gasteiger partial charge is 0.345 e. The minimum Gasteiger partial charge on any atom is -0.345 e. The van der Waals surface area contributed by atoms with Crippen molar-refractivity contribution in [2.75, 3.05) is 6.54 Å². The van der Waals surface area contributed by atoms with Crippen LogP contribution in [0.15, 0.2) is 11.6 Å². The molecule has 0 aliphatic rings. The second-order valence-corrected chi connectivity index (χ2v) is 6.30. The van der Waals surface area contributed by atoms with Gasteiger partial charge in [0, 0.05) is 18.0 Å². The van der Waals surface area contributed by atoms with Crippen LogP contribution < -0.4 is 11.1 Å². The molecule has 1 heterocycles. The minimum atomic E-state index is -0.388. The third kappa shape index (κ3) is 5.28. The van der Waals surface area contributed by atoms with Gasteiger partial charge in [0.1, 0.15) is 5.01 Å². The van der Waals surface area contributed by atoms with Crippen molar-refractivity contribution in [1.82, 2.24) is 10.3 Å². The Morgan fingerprint density at radius 2 is 2.26 bits per heavy atom. The second-order valence-electron chi connectivity index (χ2n) is 5.40. The number of nitrogens with zero attached hydrogens (tertiary/aromatic N) is 1.